The van der Waals surface area contributed by atoms with Crippen molar-refractivity contribution in [3.05, 3.63) is 0 Å². The summed E-state index contributed by atoms with van der Waals surface area (Å²) in [6.07, 6.45) is 3.18. The van der Waals surface area contributed by atoms with Crippen molar-refractivity contribution in [1.29, 1.82) is 0 Å². The second kappa shape index (κ2) is 3.78. The van der Waals surface area contributed by atoms with Crippen molar-refractivity contribution in [2.24, 2.45) is 5.41 Å². The van der Waals surface area contributed by atoms with E-state index in [-0.39, 0.29) is 0 Å². The van der Waals surface area contributed by atoms with Crippen molar-refractivity contribution in [1.82, 2.24) is 9.80 Å². The van der Waals surface area contributed by atoms with Crippen LogP contribution in [0.25, 0.3) is 0 Å². The average Bonchev–Trinajstić information content (AvgIpc) is 2.50. The third-order valence-corrected chi connectivity index (χ3v) is 4.02. The zero-order chi connectivity index (χ0) is 11.1. The summed E-state index contributed by atoms with van der Waals surface area (Å²) in [5, 5.41) is 0. The van der Waals surface area contributed by atoms with Crippen LogP contribution in [0.4, 0.5) is 0 Å². The molecule has 2 rings (SSSR count). The lowest BCUT2D eigenvalue weighted by Crippen LogP contribution is -2.40. The van der Waals surface area contributed by atoms with Gasteiger partial charge in [0, 0.05) is 19.0 Å². The molecule has 0 atom stereocenters. The summed E-state index contributed by atoms with van der Waals surface area (Å²) in [6.45, 7) is 7.54. The maximum absolute atomic E-state index is 11.9. The standard InChI is InChI=1S/C12H22N2O/c1-10(2)14-9-12(8-11(14)15)4-6-13(3)7-5-12/h10H,4-9H2,1-3H3. The van der Waals surface area contributed by atoms with E-state index in [2.05, 4.69) is 30.7 Å². The first-order valence-electron chi connectivity index (χ1n) is 6.00. The lowest BCUT2D eigenvalue weighted by molar-refractivity contribution is -0.129. The molecule has 2 heterocycles. The third kappa shape index (κ3) is 2.03. The maximum Gasteiger partial charge on any atom is 0.223 e. The van der Waals surface area contributed by atoms with Crippen molar-refractivity contribution >= 4 is 5.91 Å². The van der Waals surface area contributed by atoms with E-state index < -0.39 is 0 Å². The summed E-state index contributed by atoms with van der Waals surface area (Å²) in [4.78, 5) is 16.3. The predicted octanol–water partition coefficient (Wildman–Crippen LogP) is 1.34. The Morgan fingerprint density at radius 2 is 1.87 bits per heavy atom. The lowest BCUT2D eigenvalue weighted by Gasteiger charge is -2.37. The van der Waals surface area contributed by atoms with Crippen LogP contribution < -0.4 is 0 Å². The fraction of sp³-hybridized carbons (Fsp3) is 0.917. The Kier molecular flexibility index (Phi) is 2.75. The largest absolute Gasteiger partial charge is 0.340 e. The zero-order valence-corrected chi connectivity index (χ0v) is 10.1. The maximum atomic E-state index is 11.9. The fourth-order valence-electron chi connectivity index (χ4n) is 2.83. The minimum absolute atomic E-state index is 0.313. The molecule has 15 heavy (non-hydrogen) atoms. The predicted molar refractivity (Wildman–Crippen MR) is 60.6 cm³/mol. The highest BCUT2D eigenvalue weighted by molar-refractivity contribution is 5.79. The number of carbonyl (C=O) groups excluding carboxylic acids is 1. The minimum atomic E-state index is 0.313. The molecule has 86 valence electrons. The first-order valence-corrected chi connectivity index (χ1v) is 6.00. The van der Waals surface area contributed by atoms with Gasteiger partial charge in [-0.15, -0.1) is 0 Å². The van der Waals surface area contributed by atoms with E-state index in [1.54, 1.807) is 0 Å². The molecule has 2 saturated heterocycles. The van der Waals surface area contributed by atoms with Crippen LogP contribution in [0.3, 0.4) is 0 Å². The van der Waals surface area contributed by atoms with Gasteiger partial charge in [-0.25, -0.2) is 0 Å². The van der Waals surface area contributed by atoms with Gasteiger partial charge in [-0.1, -0.05) is 0 Å². The van der Waals surface area contributed by atoms with Gasteiger partial charge in [-0.05, 0) is 52.2 Å². The van der Waals surface area contributed by atoms with E-state index in [1.165, 1.54) is 12.8 Å². The molecule has 0 aliphatic carbocycles. The molecule has 0 N–H and O–H groups in total. The zero-order valence-electron chi connectivity index (χ0n) is 10.1. The summed E-state index contributed by atoms with van der Waals surface area (Å²) < 4.78 is 0. The van der Waals surface area contributed by atoms with Crippen LogP contribution >= 0.6 is 0 Å². The highest BCUT2D eigenvalue weighted by Gasteiger charge is 2.44. The number of nitrogens with zero attached hydrogens (tertiary/aromatic N) is 2. The Morgan fingerprint density at radius 3 is 2.33 bits per heavy atom. The minimum Gasteiger partial charge on any atom is -0.340 e. The molecule has 2 aliphatic rings. The van der Waals surface area contributed by atoms with E-state index >= 15 is 0 Å². The Bertz CT molecular complexity index is 254. The van der Waals surface area contributed by atoms with Crippen molar-refractivity contribution < 1.29 is 4.79 Å². The molecule has 0 aromatic rings. The lowest BCUT2D eigenvalue weighted by atomic mass is 9.78. The van der Waals surface area contributed by atoms with Crippen LogP contribution in [-0.4, -0.2) is 48.4 Å². The van der Waals surface area contributed by atoms with Gasteiger partial charge < -0.3 is 9.80 Å². The Morgan fingerprint density at radius 1 is 1.27 bits per heavy atom. The Labute approximate surface area is 92.4 Å². The topological polar surface area (TPSA) is 23.6 Å². The second-order valence-electron chi connectivity index (χ2n) is 5.60. The summed E-state index contributed by atoms with van der Waals surface area (Å²) >= 11 is 0. The Hall–Kier alpha value is -0.570. The molecule has 0 radical (unpaired) electrons. The molecule has 0 aromatic heterocycles. The van der Waals surface area contributed by atoms with Crippen LogP contribution in [-0.2, 0) is 4.79 Å². The van der Waals surface area contributed by atoms with Crippen molar-refractivity contribution in [2.75, 3.05) is 26.7 Å². The van der Waals surface area contributed by atoms with E-state index in [0.29, 0.717) is 17.4 Å². The van der Waals surface area contributed by atoms with Gasteiger partial charge in [0.2, 0.25) is 5.91 Å². The van der Waals surface area contributed by atoms with Gasteiger partial charge in [0.15, 0.2) is 0 Å². The summed E-state index contributed by atoms with van der Waals surface area (Å²) in [5.74, 6) is 0.370. The Balaban J connectivity index is 2.04. The highest BCUT2D eigenvalue weighted by atomic mass is 16.2. The smallest absolute Gasteiger partial charge is 0.223 e. The summed E-state index contributed by atoms with van der Waals surface area (Å²) in [7, 11) is 2.17. The van der Waals surface area contributed by atoms with Crippen molar-refractivity contribution in [3.8, 4) is 0 Å². The molecule has 0 unspecified atom stereocenters. The number of piperidine rings is 1. The van der Waals surface area contributed by atoms with Gasteiger partial charge in [0.05, 0.1) is 0 Å². The molecule has 2 fully saturated rings. The summed E-state index contributed by atoms with van der Waals surface area (Å²) in [6, 6.07) is 0.372. The van der Waals surface area contributed by atoms with Crippen LogP contribution in [0, 0.1) is 5.41 Å². The van der Waals surface area contributed by atoms with Gasteiger partial charge in [-0.3, -0.25) is 4.79 Å². The van der Waals surface area contributed by atoms with Crippen molar-refractivity contribution in [2.45, 2.75) is 39.2 Å². The molecule has 0 aromatic carbocycles. The quantitative estimate of drug-likeness (QED) is 0.652. The van der Waals surface area contributed by atoms with Gasteiger partial charge in [0.1, 0.15) is 0 Å². The van der Waals surface area contributed by atoms with E-state index in [4.69, 9.17) is 0 Å². The summed E-state index contributed by atoms with van der Waals surface area (Å²) in [5.41, 5.74) is 0.313. The van der Waals surface area contributed by atoms with Gasteiger partial charge >= 0.3 is 0 Å². The number of hydrogen-bond donors (Lipinski definition) is 0. The number of amides is 1. The number of hydrogen-bond acceptors (Lipinski definition) is 2. The molecular formula is C12H22N2O. The first-order chi connectivity index (χ1) is 7.02. The van der Waals surface area contributed by atoms with E-state index in [0.717, 1.165) is 26.1 Å². The normalized spacial score (nSPS) is 26.9. The van der Waals surface area contributed by atoms with Crippen LogP contribution in [0.2, 0.25) is 0 Å². The van der Waals surface area contributed by atoms with Gasteiger partial charge in [0.25, 0.3) is 0 Å². The highest BCUT2D eigenvalue weighted by Crippen LogP contribution is 2.41. The molecular weight excluding hydrogens is 188 g/mol. The molecule has 0 saturated carbocycles. The fourth-order valence-corrected chi connectivity index (χ4v) is 2.83. The second-order valence-corrected chi connectivity index (χ2v) is 5.60. The SMILES string of the molecule is CC(C)N1CC2(CCN(C)CC2)CC1=O. The molecule has 3 nitrogen and oxygen atoms in total. The number of likely N-dealkylation sites (tertiary alicyclic amines) is 2. The first kappa shape index (κ1) is 10.9. The average molecular weight is 210 g/mol. The molecule has 0 bridgehead atoms. The molecule has 1 spiro atoms. The van der Waals surface area contributed by atoms with Crippen LogP contribution in [0.1, 0.15) is 33.1 Å². The third-order valence-electron chi connectivity index (χ3n) is 4.02. The van der Waals surface area contributed by atoms with E-state index in [1.807, 2.05) is 0 Å². The van der Waals surface area contributed by atoms with E-state index in [9.17, 15) is 4.79 Å². The number of carbonyl (C=O) groups is 1. The van der Waals surface area contributed by atoms with Gasteiger partial charge in [-0.2, -0.15) is 0 Å². The van der Waals surface area contributed by atoms with Crippen LogP contribution in [0.5, 0.6) is 0 Å². The van der Waals surface area contributed by atoms with Crippen LogP contribution in [0.15, 0.2) is 0 Å². The molecule has 1 amide bonds. The molecule has 3 heteroatoms. The molecule has 2 aliphatic heterocycles. The van der Waals surface area contributed by atoms with Crippen molar-refractivity contribution in [3.63, 3.8) is 0 Å². The number of rotatable bonds is 1. The monoisotopic (exact) mass is 210 g/mol.